The average Bonchev–Trinajstić information content (AvgIpc) is 3.69. The zero-order valence-corrected chi connectivity index (χ0v) is 21.7. The van der Waals surface area contributed by atoms with Gasteiger partial charge in [-0.15, -0.1) is 5.10 Å². The zero-order valence-electron chi connectivity index (χ0n) is 21.7. The average molecular weight is 520 g/mol. The number of pyridine rings is 1. The number of piperidine rings is 1. The van der Waals surface area contributed by atoms with E-state index in [0.29, 0.717) is 48.1 Å². The molecule has 2 aliphatic rings. The number of methoxy groups -OCH3 is 1. The Morgan fingerprint density at radius 1 is 1.16 bits per heavy atom. The maximum Gasteiger partial charge on any atom is 0.290 e. The fourth-order valence-electron chi connectivity index (χ4n) is 4.43. The van der Waals surface area contributed by atoms with E-state index in [2.05, 4.69) is 22.1 Å². The molecule has 3 heterocycles. The van der Waals surface area contributed by atoms with Crippen LogP contribution in [0.2, 0.25) is 0 Å². The Bertz CT molecular complexity index is 1240. The number of ether oxygens (including phenoxy) is 2. The van der Waals surface area contributed by atoms with Crippen molar-refractivity contribution in [2.75, 3.05) is 32.5 Å². The predicted octanol–water partition coefficient (Wildman–Crippen LogP) is 4.03. The minimum Gasteiger partial charge on any atom is -0.496 e. The molecular formula is C28H33N5O5. The molecule has 200 valence electrons. The Morgan fingerprint density at radius 3 is 2.47 bits per heavy atom. The SMILES string of the molecule is COc1cc(C(=O)N2CCC(c3ccc(N)nn3)CC2)ccc1-c1ccc(OCC2(C)CC2)nc1.O=CO. The molecule has 1 amide bonds. The van der Waals surface area contributed by atoms with Crippen LogP contribution in [0.3, 0.4) is 0 Å². The third-order valence-corrected chi connectivity index (χ3v) is 7.07. The highest BCUT2D eigenvalue weighted by Gasteiger charge is 2.38. The van der Waals surface area contributed by atoms with Gasteiger partial charge in [-0.2, -0.15) is 5.10 Å². The molecular weight excluding hydrogens is 486 g/mol. The molecule has 3 N–H and O–H groups in total. The summed E-state index contributed by atoms with van der Waals surface area (Å²) in [6, 6.07) is 13.2. The van der Waals surface area contributed by atoms with Gasteiger partial charge in [0.1, 0.15) is 11.6 Å². The van der Waals surface area contributed by atoms with E-state index < -0.39 is 0 Å². The number of anilines is 1. The first kappa shape index (κ1) is 26.8. The van der Waals surface area contributed by atoms with Crippen LogP contribution < -0.4 is 15.2 Å². The highest BCUT2D eigenvalue weighted by atomic mass is 16.5. The van der Waals surface area contributed by atoms with Gasteiger partial charge >= 0.3 is 0 Å². The summed E-state index contributed by atoms with van der Waals surface area (Å²) in [5.74, 6) is 1.98. The molecule has 1 aromatic carbocycles. The number of benzene rings is 1. The number of aromatic nitrogens is 3. The molecule has 0 radical (unpaired) electrons. The van der Waals surface area contributed by atoms with Crippen molar-refractivity contribution in [3.63, 3.8) is 0 Å². The minimum absolute atomic E-state index is 0.00661. The molecule has 10 nitrogen and oxygen atoms in total. The van der Waals surface area contributed by atoms with Crippen molar-refractivity contribution in [1.82, 2.24) is 20.1 Å². The molecule has 2 fully saturated rings. The van der Waals surface area contributed by atoms with Crippen LogP contribution in [-0.4, -0.2) is 64.4 Å². The normalized spacial score (nSPS) is 16.1. The maximum absolute atomic E-state index is 13.2. The van der Waals surface area contributed by atoms with Crippen molar-refractivity contribution in [3.05, 3.63) is 59.9 Å². The van der Waals surface area contributed by atoms with E-state index in [1.165, 1.54) is 12.8 Å². The molecule has 5 rings (SSSR count). The number of nitrogen functional groups attached to an aromatic ring is 1. The van der Waals surface area contributed by atoms with Crippen molar-refractivity contribution in [2.24, 2.45) is 5.41 Å². The molecule has 1 aliphatic carbocycles. The molecule has 1 saturated carbocycles. The second-order valence-corrected chi connectivity index (χ2v) is 9.95. The lowest BCUT2D eigenvalue weighted by molar-refractivity contribution is -0.122. The van der Waals surface area contributed by atoms with E-state index in [1.807, 2.05) is 41.3 Å². The van der Waals surface area contributed by atoms with Gasteiger partial charge in [-0.3, -0.25) is 9.59 Å². The monoisotopic (exact) mass is 519 g/mol. The Hall–Kier alpha value is -4.21. The van der Waals surface area contributed by atoms with Crippen LogP contribution in [0.4, 0.5) is 5.82 Å². The van der Waals surface area contributed by atoms with Gasteiger partial charge in [0.2, 0.25) is 5.88 Å². The summed E-state index contributed by atoms with van der Waals surface area (Å²) < 4.78 is 11.5. The van der Waals surface area contributed by atoms with E-state index in [4.69, 9.17) is 25.1 Å². The summed E-state index contributed by atoms with van der Waals surface area (Å²) in [5.41, 5.74) is 9.30. The van der Waals surface area contributed by atoms with Crippen LogP contribution in [0, 0.1) is 5.41 Å². The molecule has 1 aliphatic heterocycles. The number of likely N-dealkylation sites (tertiary alicyclic amines) is 1. The number of amides is 1. The number of nitrogens with two attached hydrogens (primary N) is 1. The fourth-order valence-corrected chi connectivity index (χ4v) is 4.43. The first-order valence-corrected chi connectivity index (χ1v) is 12.6. The Morgan fingerprint density at radius 2 is 1.89 bits per heavy atom. The van der Waals surface area contributed by atoms with Gasteiger partial charge in [0.15, 0.2) is 0 Å². The lowest BCUT2D eigenvalue weighted by atomic mass is 9.93. The van der Waals surface area contributed by atoms with Gasteiger partial charge in [0.05, 0.1) is 19.4 Å². The van der Waals surface area contributed by atoms with E-state index in [-0.39, 0.29) is 18.3 Å². The maximum atomic E-state index is 13.2. The van der Waals surface area contributed by atoms with Crippen LogP contribution in [0.5, 0.6) is 11.6 Å². The second-order valence-electron chi connectivity index (χ2n) is 9.95. The number of nitrogens with zero attached hydrogens (tertiary/aromatic N) is 4. The molecule has 3 aromatic rings. The second kappa shape index (κ2) is 11.9. The van der Waals surface area contributed by atoms with Gasteiger partial charge < -0.3 is 25.2 Å². The smallest absolute Gasteiger partial charge is 0.290 e. The molecule has 0 spiro atoms. The van der Waals surface area contributed by atoms with Crippen LogP contribution in [-0.2, 0) is 4.79 Å². The highest BCUT2D eigenvalue weighted by Crippen LogP contribution is 2.45. The third kappa shape index (κ3) is 6.56. The Balaban J connectivity index is 0.00000107. The predicted molar refractivity (Wildman–Crippen MR) is 142 cm³/mol. The van der Waals surface area contributed by atoms with Gasteiger partial charge in [0.25, 0.3) is 12.4 Å². The van der Waals surface area contributed by atoms with E-state index >= 15 is 0 Å². The molecule has 0 bridgehead atoms. The van der Waals surface area contributed by atoms with Crippen molar-refractivity contribution in [1.29, 1.82) is 0 Å². The zero-order chi connectivity index (χ0) is 27.1. The number of carbonyl (C=O) groups is 2. The number of carboxylic acid groups (broad SMARTS) is 1. The quantitative estimate of drug-likeness (QED) is 0.443. The largest absolute Gasteiger partial charge is 0.496 e. The molecule has 2 aromatic heterocycles. The Labute approximate surface area is 221 Å². The van der Waals surface area contributed by atoms with Gasteiger partial charge in [-0.1, -0.05) is 6.92 Å². The number of hydrogen-bond donors (Lipinski definition) is 2. The van der Waals surface area contributed by atoms with Crippen LogP contribution >= 0.6 is 0 Å². The summed E-state index contributed by atoms with van der Waals surface area (Å²) in [6.45, 7) is 4.02. The molecule has 38 heavy (non-hydrogen) atoms. The lowest BCUT2D eigenvalue weighted by Gasteiger charge is -2.31. The fraction of sp³-hybridized carbons (Fsp3) is 0.393. The third-order valence-electron chi connectivity index (χ3n) is 7.07. The van der Waals surface area contributed by atoms with E-state index in [1.54, 1.807) is 19.4 Å². The van der Waals surface area contributed by atoms with Crippen molar-refractivity contribution in [2.45, 2.75) is 38.5 Å². The van der Waals surface area contributed by atoms with Crippen molar-refractivity contribution >= 4 is 18.2 Å². The summed E-state index contributed by atoms with van der Waals surface area (Å²) in [6.07, 6.45) is 5.90. The molecule has 1 saturated heterocycles. The summed E-state index contributed by atoms with van der Waals surface area (Å²) >= 11 is 0. The first-order chi connectivity index (χ1) is 18.4. The van der Waals surface area contributed by atoms with E-state index in [9.17, 15) is 4.79 Å². The summed E-state index contributed by atoms with van der Waals surface area (Å²) in [4.78, 5) is 27.9. The first-order valence-electron chi connectivity index (χ1n) is 12.6. The molecule has 10 heteroatoms. The van der Waals surface area contributed by atoms with Crippen LogP contribution in [0.15, 0.2) is 48.7 Å². The molecule has 0 atom stereocenters. The number of rotatable bonds is 7. The van der Waals surface area contributed by atoms with Crippen molar-refractivity contribution in [3.8, 4) is 22.8 Å². The summed E-state index contributed by atoms with van der Waals surface area (Å²) in [5, 5.41) is 15.1. The Kier molecular flexibility index (Phi) is 8.40. The van der Waals surface area contributed by atoms with Crippen LogP contribution in [0.25, 0.3) is 11.1 Å². The lowest BCUT2D eigenvalue weighted by Crippen LogP contribution is -2.38. The van der Waals surface area contributed by atoms with E-state index in [0.717, 1.165) is 29.7 Å². The number of carbonyl (C=O) groups excluding carboxylic acids is 1. The summed E-state index contributed by atoms with van der Waals surface area (Å²) in [7, 11) is 1.62. The van der Waals surface area contributed by atoms with Gasteiger partial charge in [-0.05, 0) is 62.1 Å². The number of hydrogen-bond acceptors (Lipinski definition) is 8. The van der Waals surface area contributed by atoms with Crippen molar-refractivity contribution < 1.29 is 24.2 Å². The van der Waals surface area contributed by atoms with Gasteiger partial charge in [-0.25, -0.2) is 4.98 Å². The topological polar surface area (TPSA) is 141 Å². The van der Waals surface area contributed by atoms with Crippen LogP contribution in [0.1, 0.15) is 54.6 Å². The van der Waals surface area contributed by atoms with Gasteiger partial charge in [0, 0.05) is 53.4 Å². The standard InChI is InChI=1S/C27H31N5O3.CH2O2/c1-27(11-12-27)17-35-25-8-4-20(16-29-25)21-5-3-19(15-23(21)34-2)26(33)32-13-9-18(10-14-32)22-6-7-24(28)31-30-22;2-1-3/h3-8,15-16,18H,9-14,17H2,1-2H3,(H2,28,31);1H,(H,2,3). The highest BCUT2D eigenvalue weighted by molar-refractivity contribution is 5.95. The minimum atomic E-state index is -0.250. The molecule has 0 unspecified atom stereocenters.